The summed E-state index contributed by atoms with van der Waals surface area (Å²) in [5.74, 6) is 1.22. The van der Waals surface area contributed by atoms with Crippen LogP contribution in [0.15, 0.2) is 22.8 Å². The molecule has 120 valence electrons. The summed E-state index contributed by atoms with van der Waals surface area (Å²) in [4.78, 5) is 13.7. The van der Waals surface area contributed by atoms with Crippen molar-refractivity contribution in [3.05, 3.63) is 35.4 Å². The lowest BCUT2D eigenvalue weighted by atomic mass is 10.2. The van der Waals surface area contributed by atoms with Crippen molar-refractivity contribution in [1.82, 2.24) is 20.4 Å². The maximum atomic E-state index is 11.7. The maximum Gasteiger partial charge on any atom is 0.287 e. The van der Waals surface area contributed by atoms with Crippen LogP contribution in [0.3, 0.4) is 0 Å². The molecule has 0 saturated heterocycles. The molecular weight excluding hydrogens is 282 g/mol. The Morgan fingerprint density at radius 2 is 2.18 bits per heavy atom. The molecule has 0 aliphatic carbocycles. The van der Waals surface area contributed by atoms with Gasteiger partial charge in [0.15, 0.2) is 5.76 Å². The van der Waals surface area contributed by atoms with Gasteiger partial charge in [-0.2, -0.15) is 5.10 Å². The van der Waals surface area contributed by atoms with Gasteiger partial charge in [0.05, 0.1) is 12.0 Å². The molecule has 0 aliphatic heterocycles. The van der Waals surface area contributed by atoms with Gasteiger partial charge in [0.1, 0.15) is 5.82 Å². The third kappa shape index (κ3) is 3.67. The first-order chi connectivity index (χ1) is 10.5. The fraction of sp³-hybridized carbons (Fsp3) is 0.467. The van der Waals surface area contributed by atoms with Crippen LogP contribution in [0, 0.1) is 6.92 Å². The van der Waals surface area contributed by atoms with Crippen LogP contribution in [0.25, 0.3) is 0 Å². The summed E-state index contributed by atoms with van der Waals surface area (Å²) in [5.41, 5.74) is 2.18. The SMILES string of the molecule is Cc1nn(C)c(N(C)C)c1CNCCNC(=O)c1ccco1. The van der Waals surface area contributed by atoms with Crippen molar-refractivity contribution >= 4 is 11.7 Å². The Morgan fingerprint density at radius 3 is 2.82 bits per heavy atom. The van der Waals surface area contributed by atoms with E-state index in [0.717, 1.165) is 11.5 Å². The van der Waals surface area contributed by atoms with Crippen LogP contribution in [0.5, 0.6) is 0 Å². The number of carbonyl (C=O) groups is 1. The zero-order chi connectivity index (χ0) is 16.1. The fourth-order valence-electron chi connectivity index (χ4n) is 2.43. The molecule has 7 heteroatoms. The Balaban J connectivity index is 1.79. The number of nitrogens with one attached hydrogen (secondary N) is 2. The smallest absolute Gasteiger partial charge is 0.287 e. The zero-order valence-electron chi connectivity index (χ0n) is 13.5. The number of aryl methyl sites for hydroxylation is 2. The summed E-state index contributed by atoms with van der Waals surface area (Å²) in [6.07, 6.45) is 1.49. The van der Waals surface area contributed by atoms with Crippen LogP contribution in [-0.2, 0) is 13.6 Å². The van der Waals surface area contributed by atoms with E-state index in [1.54, 1.807) is 12.1 Å². The number of hydrogen-bond acceptors (Lipinski definition) is 5. The molecule has 2 aromatic heterocycles. The van der Waals surface area contributed by atoms with Gasteiger partial charge < -0.3 is 20.0 Å². The minimum Gasteiger partial charge on any atom is -0.459 e. The van der Waals surface area contributed by atoms with Crippen LogP contribution in [0.4, 0.5) is 5.82 Å². The quantitative estimate of drug-likeness (QED) is 0.744. The van der Waals surface area contributed by atoms with Crippen molar-refractivity contribution in [2.24, 2.45) is 7.05 Å². The molecule has 0 saturated carbocycles. The number of hydrogen-bond donors (Lipinski definition) is 2. The van der Waals surface area contributed by atoms with Crippen molar-refractivity contribution in [1.29, 1.82) is 0 Å². The highest BCUT2D eigenvalue weighted by molar-refractivity contribution is 5.91. The second kappa shape index (κ2) is 7.13. The monoisotopic (exact) mass is 305 g/mol. The highest BCUT2D eigenvalue weighted by atomic mass is 16.3. The van der Waals surface area contributed by atoms with Crippen LogP contribution in [-0.4, -0.2) is 42.9 Å². The predicted octanol–water partition coefficient (Wildman–Crippen LogP) is 0.907. The second-order valence-electron chi connectivity index (χ2n) is 5.32. The summed E-state index contributed by atoms with van der Waals surface area (Å²) in [7, 11) is 5.95. The highest BCUT2D eigenvalue weighted by Crippen LogP contribution is 2.20. The van der Waals surface area contributed by atoms with Crippen molar-refractivity contribution in [2.75, 3.05) is 32.1 Å². The van der Waals surface area contributed by atoms with E-state index >= 15 is 0 Å². The van der Waals surface area contributed by atoms with E-state index in [1.807, 2.05) is 32.7 Å². The van der Waals surface area contributed by atoms with Gasteiger partial charge in [-0.1, -0.05) is 0 Å². The van der Waals surface area contributed by atoms with Crippen molar-refractivity contribution in [3.8, 4) is 0 Å². The lowest BCUT2D eigenvalue weighted by Crippen LogP contribution is -2.31. The fourth-order valence-corrected chi connectivity index (χ4v) is 2.43. The molecule has 0 atom stereocenters. The van der Waals surface area contributed by atoms with Gasteiger partial charge in [-0.15, -0.1) is 0 Å². The Kier molecular flexibility index (Phi) is 5.21. The molecule has 0 fully saturated rings. The molecule has 2 aromatic rings. The molecule has 1 amide bonds. The Bertz CT molecular complexity index is 616. The molecule has 2 N–H and O–H groups in total. The molecule has 7 nitrogen and oxygen atoms in total. The molecule has 0 spiro atoms. The minimum atomic E-state index is -0.196. The third-order valence-electron chi connectivity index (χ3n) is 3.37. The van der Waals surface area contributed by atoms with Crippen LogP contribution >= 0.6 is 0 Å². The summed E-state index contributed by atoms with van der Waals surface area (Å²) in [6, 6.07) is 3.34. The van der Waals surface area contributed by atoms with E-state index in [0.29, 0.717) is 25.4 Å². The summed E-state index contributed by atoms with van der Waals surface area (Å²) in [5, 5.41) is 10.6. The van der Waals surface area contributed by atoms with Crippen LogP contribution < -0.4 is 15.5 Å². The molecule has 2 rings (SSSR count). The van der Waals surface area contributed by atoms with E-state index in [-0.39, 0.29) is 5.91 Å². The molecule has 0 radical (unpaired) electrons. The maximum absolute atomic E-state index is 11.7. The van der Waals surface area contributed by atoms with E-state index in [9.17, 15) is 4.79 Å². The molecule has 2 heterocycles. The number of furan rings is 1. The lowest BCUT2D eigenvalue weighted by Gasteiger charge is -2.15. The summed E-state index contributed by atoms with van der Waals surface area (Å²) < 4.78 is 6.91. The first kappa shape index (κ1) is 16.1. The summed E-state index contributed by atoms with van der Waals surface area (Å²) in [6.45, 7) is 3.93. The number of anilines is 1. The number of aromatic nitrogens is 2. The Hall–Kier alpha value is -2.28. The topological polar surface area (TPSA) is 75.3 Å². The number of carbonyl (C=O) groups excluding carboxylic acids is 1. The van der Waals surface area contributed by atoms with Crippen molar-refractivity contribution < 1.29 is 9.21 Å². The largest absolute Gasteiger partial charge is 0.459 e. The van der Waals surface area contributed by atoms with E-state index in [1.165, 1.54) is 11.8 Å². The Morgan fingerprint density at radius 1 is 1.41 bits per heavy atom. The Labute approximate surface area is 130 Å². The van der Waals surface area contributed by atoms with E-state index < -0.39 is 0 Å². The summed E-state index contributed by atoms with van der Waals surface area (Å²) >= 11 is 0. The number of nitrogens with zero attached hydrogens (tertiary/aromatic N) is 3. The zero-order valence-corrected chi connectivity index (χ0v) is 13.5. The average molecular weight is 305 g/mol. The predicted molar refractivity (Wildman–Crippen MR) is 85.0 cm³/mol. The van der Waals surface area contributed by atoms with Gasteiger partial charge in [-0.25, -0.2) is 0 Å². The lowest BCUT2D eigenvalue weighted by molar-refractivity contribution is 0.0926. The normalized spacial score (nSPS) is 10.7. The standard InChI is InChI=1S/C15H23N5O2/c1-11-12(15(19(2)3)20(4)18-11)10-16-7-8-17-14(21)13-6-5-9-22-13/h5-6,9,16H,7-8,10H2,1-4H3,(H,17,21). The van der Waals surface area contributed by atoms with Crippen molar-refractivity contribution in [3.63, 3.8) is 0 Å². The van der Waals surface area contributed by atoms with Gasteiger partial charge in [-0.05, 0) is 19.1 Å². The van der Waals surface area contributed by atoms with Gasteiger partial charge >= 0.3 is 0 Å². The molecule has 0 bridgehead atoms. The molecule has 0 aliphatic rings. The van der Waals surface area contributed by atoms with E-state index in [2.05, 4.69) is 20.6 Å². The van der Waals surface area contributed by atoms with E-state index in [4.69, 9.17) is 4.42 Å². The van der Waals surface area contributed by atoms with Gasteiger partial charge in [0, 0.05) is 46.3 Å². The van der Waals surface area contributed by atoms with Crippen LogP contribution in [0.1, 0.15) is 21.8 Å². The molecular formula is C15H23N5O2. The third-order valence-corrected chi connectivity index (χ3v) is 3.37. The molecule has 0 unspecified atom stereocenters. The van der Waals surface area contributed by atoms with Gasteiger partial charge in [-0.3, -0.25) is 9.48 Å². The molecule has 22 heavy (non-hydrogen) atoms. The van der Waals surface area contributed by atoms with Gasteiger partial charge in [0.25, 0.3) is 5.91 Å². The average Bonchev–Trinajstić information content (AvgIpc) is 3.06. The first-order valence-electron chi connectivity index (χ1n) is 7.23. The second-order valence-corrected chi connectivity index (χ2v) is 5.32. The highest BCUT2D eigenvalue weighted by Gasteiger charge is 2.14. The van der Waals surface area contributed by atoms with Gasteiger partial charge in [0.2, 0.25) is 0 Å². The number of amides is 1. The number of rotatable bonds is 7. The molecule has 0 aromatic carbocycles. The first-order valence-corrected chi connectivity index (χ1v) is 7.23. The van der Waals surface area contributed by atoms with Crippen LogP contribution in [0.2, 0.25) is 0 Å². The minimum absolute atomic E-state index is 0.196. The van der Waals surface area contributed by atoms with Crippen molar-refractivity contribution in [2.45, 2.75) is 13.5 Å².